The van der Waals surface area contributed by atoms with Crippen molar-refractivity contribution in [3.63, 3.8) is 0 Å². The van der Waals surface area contributed by atoms with Crippen molar-refractivity contribution < 1.29 is 9.18 Å². The number of carbonyl (C=O) groups excluding carboxylic acids is 1. The van der Waals surface area contributed by atoms with Crippen molar-refractivity contribution in [1.82, 2.24) is 15.1 Å². The topological polar surface area (TPSA) is 35.6 Å². The molecule has 1 heterocycles. The van der Waals surface area contributed by atoms with Crippen LogP contribution < -0.4 is 5.32 Å². The number of nitrogens with zero attached hydrogens (tertiary/aromatic N) is 2. The Balaban J connectivity index is 2.05. The molecule has 5 heteroatoms. The summed E-state index contributed by atoms with van der Waals surface area (Å²) in [5.74, 6) is 0.249. The van der Waals surface area contributed by atoms with Crippen LogP contribution in [0.15, 0.2) is 24.3 Å². The van der Waals surface area contributed by atoms with E-state index in [2.05, 4.69) is 31.0 Å². The van der Waals surface area contributed by atoms with Crippen molar-refractivity contribution in [3.05, 3.63) is 35.6 Å². The van der Waals surface area contributed by atoms with Crippen LogP contribution in [0, 0.1) is 11.7 Å². The van der Waals surface area contributed by atoms with Gasteiger partial charge in [-0.2, -0.15) is 0 Å². The van der Waals surface area contributed by atoms with Gasteiger partial charge in [0.15, 0.2) is 0 Å². The van der Waals surface area contributed by atoms with Crippen molar-refractivity contribution >= 4 is 6.03 Å². The van der Waals surface area contributed by atoms with E-state index < -0.39 is 0 Å². The van der Waals surface area contributed by atoms with Crippen LogP contribution in [0.25, 0.3) is 0 Å². The van der Waals surface area contributed by atoms with E-state index in [1.807, 2.05) is 17.0 Å². The van der Waals surface area contributed by atoms with E-state index in [0.29, 0.717) is 12.0 Å². The Labute approximate surface area is 145 Å². The number of rotatable bonds is 5. The Kier molecular flexibility index (Phi) is 7.03. The summed E-state index contributed by atoms with van der Waals surface area (Å²) < 4.78 is 13.1. The zero-order valence-corrected chi connectivity index (χ0v) is 15.1. The third-order valence-corrected chi connectivity index (χ3v) is 4.63. The van der Waals surface area contributed by atoms with Crippen molar-refractivity contribution in [2.24, 2.45) is 5.92 Å². The Morgan fingerprint density at radius 1 is 1.29 bits per heavy atom. The number of amides is 2. The number of hydrogen-bond acceptors (Lipinski definition) is 2. The number of carbonyl (C=O) groups is 1. The zero-order valence-electron chi connectivity index (χ0n) is 15.1. The smallest absolute Gasteiger partial charge is 0.317 e. The summed E-state index contributed by atoms with van der Waals surface area (Å²) >= 11 is 0. The summed E-state index contributed by atoms with van der Waals surface area (Å²) in [4.78, 5) is 16.7. The fraction of sp³-hybridized carbons (Fsp3) is 0.632. The number of nitrogens with one attached hydrogen (secondary N) is 1. The van der Waals surface area contributed by atoms with Gasteiger partial charge in [-0.3, -0.25) is 4.90 Å². The van der Waals surface area contributed by atoms with Gasteiger partial charge >= 0.3 is 6.03 Å². The fourth-order valence-electron chi connectivity index (χ4n) is 3.24. The van der Waals surface area contributed by atoms with Crippen molar-refractivity contribution in [2.45, 2.75) is 46.2 Å². The molecule has 134 valence electrons. The van der Waals surface area contributed by atoms with Crippen molar-refractivity contribution in [2.75, 3.05) is 26.2 Å². The number of halogens is 1. The molecule has 0 aliphatic carbocycles. The molecule has 1 aromatic carbocycles. The lowest BCUT2D eigenvalue weighted by molar-refractivity contribution is 0.135. The van der Waals surface area contributed by atoms with Crippen LogP contribution in [-0.2, 0) is 6.54 Å². The van der Waals surface area contributed by atoms with E-state index in [1.165, 1.54) is 12.1 Å². The molecule has 0 radical (unpaired) electrons. The molecule has 0 bridgehead atoms. The molecule has 1 unspecified atom stereocenters. The maximum absolute atomic E-state index is 13.1. The molecular weight excluding hydrogens is 305 g/mol. The standard InChI is InChI=1S/C19H30FN3O/c1-4-10-21-19(24)23-12-5-11-22(18(14-23)15(2)3)13-16-6-8-17(20)9-7-16/h6-9,15,18H,4-5,10-14H2,1-3H3,(H,21,24). The second kappa shape index (κ2) is 9.02. The molecule has 0 spiro atoms. The second-order valence-corrected chi connectivity index (χ2v) is 6.94. The summed E-state index contributed by atoms with van der Waals surface area (Å²) in [6.07, 6.45) is 1.91. The zero-order chi connectivity index (χ0) is 17.5. The minimum absolute atomic E-state index is 0.0473. The number of hydrogen-bond donors (Lipinski definition) is 1. The molecule has 1 aromatic rings. The van der Waals surface area contributed by atoms with Gasteiger partial charge in [-0.05, 0) is 36.5 Å². The average molecular weight is 335 g/mol. The van der Waals surface area contributed by atoms with Crippen LogP contribution >= 0.6 is 0 Å². The third kappa shape index (κ3) is 5.20. The highest BCUT2D eigenvalue weighted by Crippen LogP contribution is 2.20. The molecule has 2 rings (SSSR count). The van der Waals surface area contributed by atoms with E-state index >= 15 is 0 Å². The van der Waals surface area contributed by atoms with Gasteiger partial charge in [0.2, 0.25) is 0 Å². The highest BCUT2D eigenvalue weighted by molar-refractivity contribution is 5.74. The van der Waals surface area contributed by atoms with Crippen LogP contribution in [0.5, 0.6) is 0 Å². The van der Waals surface area contributed by atoms with E-state index in [-0.39, 0.29) is 11.8 Å². The van der Waals surface area contributed by atoms with Gasteiger partial charge in [-0.1, -0.05) is 32.9 Å². The van der Waals surface area contributed by atoms with Crippen molar-refractivity contribution in [3.8, 4) is 0 Å². The minimum atomic E-state index is -0.200. The SMILES string of the molecule is CCCNC(=O)N1CCCN(Cc2ccc(F)cc2)C(C(C)C)C1. The lowest BCUT2D eigenvalue weighted by Crippen LogP contribution is -2.48. The lowest BCUT2D eigenvalue weighted by Gasteiger charge is -2.34. The Morgan fingerprint density at radius 2 is 2.00 bits per heavy atom. The molecule has 1 aliphatic heterocycles. The van der Waals surface area contributed by atoms with Crippen molar-refractivity contribution in [1.29, 1.82) is 0 Å². The fourth-order valence-corrected chi connectivity index (χ4v) is 3.24. The van der Waals surface area contributed by atoms with Crippen LogP contribution in [0.3, 0.4) is 0 Å². The van der Waals surface area contributed by atoms with Gasteiger partial charge in [0.05, 0.1) is 0 Å². The molecule has 1 N–H and O–H groups in total. The van der Waals surface area contributed by atoms with E-state index in [9.17, 15) is 9.18 Å². The van der Waals surface area contributed by atoms with Gasteiger partial charge in [0, 0.05) is 38.8 Å². The molecule has 4 nitrogen and oxygen atoms in total. The lowest BCUT2D eigenvalue weighted by atomic mass is 10.0. The van der Waals surface area contributed by atoms with Gasteiger partial charge in [0.25, 0.3) is 0 Å². The first-order valence-corrected chi connectivity index (χ1v) is 9.02. The minimum Gasteiger partial charge on any atom is -0.338 e. The maximum atomic E-state index is 13.1. The van der Waals surface area contributed by atoms with Crippen LogP contribution in [0.1, 0.15) is 39.2 Å². The molecule has 1 atom stereocenters. The molecule has 0 saturated carbocycles. The molecule has 1 fully saturated rings. The quantitative estimate of drug-likeness (QED) is 0.894. The molecule has 0 aromatic heterocycles. The first kappa shape index (κ1) is 18.7. The predicted molar refractivity (Wildman–Crippen MR) is 95.3 cm³/mol. The number of urea groups is 1. The maximum Gasteiger partial charge on any atom is 0.317 e. The second-order valence-electron chi connectivity index (χ2n) is 6.94. The highest BCUT2D eigenvalue weighted by Gasteiger charge is 2.29. The summed E-state index contributed by atoms with van der Waals surface area (Å²) in [5, 5.41) is 2.99. The van der Waals surface area contributed by atoms with Crippen LogP contribution in [-0.4, -0.2) is 48.1 Å². The summed E-state index contributed by atoms with van der Waals surface area (Å²) in [6.45, 7) is 10.5. The summed E-state index contributed by atoms with van der Waals surface area (Å²) in [6, 6.07) is 7.09. The predicted octanol–water partition coefficient (Wildman–Crippen LogP) is 3.48. The summed E-state index contributed by atoms with van der Waals surface area (Å²) in [7, 11) is 0. The third-order valence-electron chi connectivity index (χ3n) is 4.63. The van der Waals surface area contributed by atoms with Crippen LogP contribution in [0.2, 0.25) is 0 Å². The Morgan fingerprint density at radius 3 is 2.62 bits per heavy atom. The van der Waals surface area contributed by atoms with E-state index in [4.69, 9.17) is 0 Å². The Bertz CT molecular complexity index is 518. The van der Waals surface area contributed by atoms with E-state index in [0.717, 1.165) is 51.1 Å². The van der Waals surface area contributed by atoms with Crippen LogP contribution in [0.4, 0.5) is 9.18 Å². The Hall–Kier alpha value is -1.62. The molecule has 2 amide bonds. The largest absolute Gasteiger partial charge is 0.338 e. The number of benzene rings is 1. The average Bonchev–Trinajstić information content (AvgIpc) is 2.77. The van der Waals surface area contributed by atoms with Gasteiger partial charge in [-0.15, -0.1) is 0 Å². The monoisotopic (exact) mass is 335 g/mol. The van der Waals surface area contributed by atoms with E-state index in [1.54, 1.807) is 0 Å². The molecule has 1 aliphatic rings. The van der Waals surface area contributed by atoms with Gasteiger partial charge in [0.1, 0.15) is 5.82 Å². The first-order chi connectivity index (χ1) is 11.5. The van der Waals surface area contributed by atoms with Gasteiger partial charge in [-0.25, -0.2) is 9.18 Å². The first-order valence-electron chi connectivity index (χ1n) is 9.02. The normalized spacial score (nSPS) is 19.4. The van der Waals surface area contributed by atoms with Gasteiger partial charge < -0.3 is 10.2 Å². The molecular formula is C19H30FN3O. The molecule has 1 saturated heterocycles. The summed E-state index contributed by atoms with van der Waals surface area (Å²) in [5.41, 5.74) is 1.12. The highest BCUT2D eigenvalue weighted by atomic mass is 19.1. The molecule has 24 heavy (non-hydrogen) atoms.